The molecule has 1 heterocycles. The molecular weight excluding hydrogens is 434 g/mol. The van der Waals surface area contributed by atoms with Crippen molar-refractivity contribution in [3.63, 3.8) is 0 Å². The molecule has 1 aliphatic heterocycles. The number of nitrogens with zero attached hydrogens (tertiary/aromatic N) is 1. The average Bonchev–Trinajstić information content (AvgIpc) is 3.00. The molecule has 2 amide bonds. The van der Waals surface area contributed by atoms with Crippen molar-refractivity contribution in [1.29, 1.82) is 0 Å². The summed E-state index contributed by atoms with van der Waals surface area (Å²) in [5.74, 6) is -5.37. The van der Waals surface area contributed by atoms with Crippen molar-refractivity contribution in [2.75, 3.05) is 7.05 Å². The molecule has 1 saturated carbocycles. The minimum absolute atomic E-state index is 0.0231. The molecule has 186 valence electrons. The number of carbonyl (C=O) groups is 4. The highest BCUT2D eigenvalue weighted by atomic mass is 16.4. The Morgan fingerprint density at radius 2 is 1.94 bits per heavy atom. The predicted octanol–water partition coefficient (Wildman–Crippen LogP) is 3.53. The van der Waals surface area contributed by atoms with Gasteiger partial charge in [-0.3, -0.25) is 24.1 Å². The highest BCUT2D eigenvalue weighted by Gasteiger charge is 2.56. The lowest BCUT2D eigenvalue weighted by Crippen LogP contribution is -2.55. The molecular formula is C27H37NO6. The van der Waals surface area contributed by atoms with Gasteiger partial charge in [0.15, 0.2) is 5.78 Å². The van der Waals surface area contributed by atoms with Gasteiger partial charge in [0.1, 0.15) is 0 Å². The largest absolute Gasteiger partial charge is 0.481 e. The van der Waals surface area contributed by atoms with Crippen molar-refractivity contribution in [2.45, 2.75) is 64.9 Å². The summed E-state index contributed by atoms with van der Waals surface area (Å²) in [4.78, 5) is 53.0. The second kappa shape index (κ2) is 9.98. The number of amides is 2. The van der Waals surface area contributed by atoms with Crippen molar-refractivity contribution < 1.29 is 29.4 Å². The maximum Gasteiger partial charge on any atom is 0.306 e. The Morgan fingerprint density at radius 3 is 2.53 bits per heavy atom. The second-order valence-corrected chi connectivity index (χ2v) is 10.4. The van der Waals surface area contributed by atoms with E-state index in [1.54, 1.807) is 18.2 Å². The van der Waals surface area contributed by atoms with Gasteiger partial charge in [0.2, 0.25) is 0 Å². The van der Waals surface area contributed by atoms with Gasteiger partial charge in [-0.1, -0.05) is 58.3 Å². The van der Waals surface area contributed by atoms with Crippen LogP contribution in [0.5, 0.6) is 0 Å². The predicted molar refractivity (Wildman–Crippen MR) is 127 cm³/mol. The Bertz CT molecular complexity index is 949. The van der Waals surface area contributed by atoms with E-state index in [-0.39, 0.29) is 29.4 Å². The third-order valence-electron chi connectivity index (χ3n) is 8.06. The van der Waals surface area contributed by atoms with E-state index < -0.39 is 52.8 Å². The summed E-state index contributed by atoms with van der Waals surface area (Å²) < 4.78 is 0. The number of likely N-dealkylation sites (N-methyl/N-ethyl adjacent to an activating group) is 1. The first kappa shape index (κ1) is 26.1. The molecule has 3 aliphatic rings. The Balaban J connectivity index is 2.06. The minimum atomic E-state index is -1.45. The lowest BCUT2D eigenvalue weighted by Gasteiger charge is -2.51. The van der Waals surface area contributed by atoms with Crippen LogP contribution in [0.4, 0.5) is 0 Å². The standard InChI is InChI=1S/C27H37NO6/c1-6-8-9-10-17(7-2)20-21(25(31)28(5)24(20)30)23(29)19-15(3)11-12-27(34)14-18(26(32)33)13-16(4)22(19)27/h7,11-12,15-19,22,34H,2,6,8-10,13-14H2,1,3-5H3,(H,32,33). The number of allylic oxidation sites excluding steroid dienone is 2. The molecule has 7 nitrogen and oxygen atoms in total. The molecule has 2 aliphatic carbocycles. The van der Waals surface area contributed by atoms with E-state index in [1.807, 2.05) is 13.8 Å². The van der Waals surface area contributed by atoms with Crippen LogP contribution in [0, 0.1) is 35.5 Å². The number of Topliss-reactive ketones (excluding diaryl/α,β-unsaturated/α-hetero) is 1. The summed E-state index contributed by atoms with van der Waals surface area (Å²) in [5.41, 5.74) is -1.33. The van der Waals surface area contributed by atoms with E-state index in [4.69, 9.17) is 0 Å². The third kappa shape index (κ3) is 4.42. The fraction of sp³-hybridized carbons (Fsp3) is 0.630. The summed E-state index contributed by atoms with van der Waals surface area (Å²) in [6, 6.07) is 0. The molecule has 0 spiro atoms. The van der Waals surface area contributed by atoms with Crippen LogP contribution >= 0.6 is 0 Å². The first-order chi connectivity index (χ1) is 16.0. The molecule has 7 heteroatoms. The Labute approximate surface area is 201 Å². The molecule has 3 rings (SSSR count). The molecule has 7 atom stereocenters. The minimum Gasteiger partial charge on any atom is -0.481 e. The van der Waals surface area contributed by atoms with Gasteiger partial charge in [-0.15, -0.1) is 6.58 Å². The number of imide groups is 1. The molecule has 0 radical (unpaired) electrons. The van der Waals surface area contributed by atoms with E-state index in [1.165, 1.54) is 7.05 Å². The second-order valence-electron chi connectivity index (χ2n) is 10.4. The number of aliphatic carboxylic acids is 1. The van der Waals surface area contributed by atoms with Gasteiger partial charge in [0, 0.05) is 30.4 Å². The van der Waals surface area contributed by atoms with Crippen molar-refractivity contribution in [3.05, 3.63) is 36.0 Å². The number of carboxylic acids is 1. The maximum atomic E-state index is 14.1. The van der Waals surface area contributed by atoms with Gasteiger partial charge in [-0.2, -0.15) is 0 Å². The van der Waals surface area contributed by atoms with Crippen LogP contribution in [0.15, 0.2) is 36.0 Å². The van der Waals surface area contributed by atoms with Gasteiger partial charge < -0.3 is 10.2 Å². The first-order valence-corrected chi connectivity index (χ1v) is 12.4. The number of ketones is 1. The number of aliphatic hydroxyl groups is 1. The van der Waals surface area contributed by atoms with Gasteiger partial charge in [0.05, 0.1) is 17.1 Å². The molecule has 7 unspecified atom stereocenters. The van der Waals surface area contributed by atoms with Gasteiger partial charge in [0.25, 0.3) is 11.8 Å². The Morgan fingerprint density at radius 1 is 1.26 bits per heavy atom. The van der Waals surface area contributed by atoms with Crippen LogP contribution < -0.4 is 0 Å². The van der Waals surface area contributed by atoms with Crippen molar-refractivity contribution in [3.8, 4) is 0 Å². The SMILES string of the molecule is C=CC(CCCCC)C1=C(C(=O)C2C(C)C=CC3(O)CC(C(=O)O)CC(C)C23)C(=O)N(C)C1=O. The van der Waals surface area contributed by atoms with E-state index in [0.717, 1.165) is 24.2 Å². The lowest BCUT2D eigenvalue weighted by molar-refractivity contribution is -0.155. The van der Waals surface area contributed by atoms with E-state index in [9.17, 15) is 29.4 Å². The molecule has 2 N–H and O–H groups in total. The molecule has 0 saturated heterocycles. The summed E-state index contributed by atoms with van der Waals surface area (Å²) in [7, 11) is 1.39. The van der Waals surface area contributed by atoms with Crippen LogP contribution in [0.25, 0.3) is 0 Å². The molecule has 1 fully saturated rings. The quantitative estimate of drug-likeness (QED) is 0.230. The topological polar surface area (TPSA) is 112 Å². The van der Waals surface area contributed by atoms with Crippen molar-refractivity contribution >= 4 is 23.6 Å². The summed E-state index contributed by atoms with van der Waals surface area (Å²) in [6.07, 6.45) is 8.84. The van der Waals surface area contributed by atoms with Crippen molar-refractivity contribution in [2.24, 2.45) is 35.5 Å². The number of carboxylic acid groups (broad SMARTS) is 1. The van der Waals surface area contributed by atoms with Crippen molar-refractivity contribution in [1.82, 2.24) is 4.90 Å². The average molecular weight is 472 g/mol. The summed E-state index contributed by atoms with van der Waals surface area (Å²) in [6.45, 7) is 9.67. The maximum absolute atomic E-state index is 14.1. The highest BCUT2D eigenvalue weighted by Crippen LogP contribution is 2.51. The van der Waals surface area contributed by atoms with Crippen LogP contribution in [0.1, 0.15) is 59.3 Å². The number of unbranched alkanes of at least 4 members (excludes halogenated alkanes) is 2. The number of hydrogen-bond acceptors (Lipinski definition) is 5. The van der Waals surface area contributed by atoms with Crippen LogP contribution in [-0.4, -0.2) is 51.3 Å². The lowest BCUT2D eigenvalue weighted by atomic mass is 9.55. The highest BCUT2D eigenvalue weighted by molar-refractivity contribution is 6.32. The molecule has 0 bridgehead atoms. The summed E-state index contributed by atoms with van der Waals surface area (Å²) >= 11 is 0. The molecule has 0 aromatic heterocycles. The zero-order valence-corrected chi connectivity index (χ0v) is 20.6. The normalized spacial score (nSPS) is 34.3. The monoisotopic (exact) mass is 471 g/mol. The number of rotatable bonds is 9. The first-order valence-electron chi connectivity index (χ1n) is 12.4. The zero-order chi connectivity index (χ0) is 25.4. The summed E-state index contributed by atoms with van der Waals surface area (Å²) in [5, 5.41) is 21.1. The molecule has 0 aromatic carbocycles. The van der Waals surface area contributed by atoms with Gasteiger partial charge >= 0.3 is 5.97 Å². The molecule has 0 aromatic rings. The fourth-order valence-corrected chi connectivity index (χ4v) is 6.31. The zero-order valence-electron chi connectivity index (χ0n) is 20.6. The Kier molecular flexibility index (Phi) is 7.65. The van der Waals surface area contributed by atoms with E-state index in [0.29, 0.717) is 12.8 Å². The molecule has 34 heavy (non-hydrogen) atoms. The van der Waals surface area contributed by atoms with Crippen LogP contribution in [-0.2, 0) is 19.2 Å². The van der Waals surface area contributed by atoms with Gasteiger partial charge in [-0.05, 0) is 31.1 Å². The Hall–Kier alpha value is -2.54. The van der Waals surface area contributed by atoms with Crippen LogP contribution in [0.3, 0.4) is 0 Å². The fourth-order valence-electron chi connectivity index (χ4n) is 6.31. The van der Waals surface area contributed by atoms with E-state index in [2.05, 4.69) is 13.5 Å². The third-order valence-corrected chi connectivity index (χ3v) is 8.06. The number of carbonyl (C=O) groups excluding carboxylic acids is 3. The smallest absolute Gasteiger partial charge is 0.306 e. The number of hydrogen-bond donors (Lipinski definition) is 2. The van der Waals surface area contributed by atoms with Crippen LogP contribution in [0.2, 0.25) is 0 Å². The van der Waals surface area contributed by atoms with Gasteiger partial charge in [-0.25, -0.2) is 0 Å². The van der Waals surface area contributed by atoms with E-state index >= 15 is 0 Å². The number of fused-ring (bicyclic) bond motifs is 1.